The van der Waals surface area contributed by atoms with Gasteiger partial charge >= 0.3 is 0 Å². The minimum Gasteiger partial charge on any atom is -0.366 e. The molecule has 0 saturated heterocycles. The van der Waals surface area contributed by atoms with Gasteiger partial charge in [-0.1, -0.05) is 49.3 Å². The van der Waals surface area contributed by atoms with Gasteiger partial charge in [0.15, 0.2) is 5.78 Å². The lowest BCUT2D eigenvalue weighted by atomic mass is 10.0. The highest BCUT2D eigenvalue weighted by Gasteiger charge is 2.21. The maximum absolute atomic E-state index is 12.0. The number of ketones is 1. The van der Waals surface area contributed by atoms with E-state index in [1.165, 1.54) is 0 Å². The third-order valence-electron chi connectivity index (χ3n) is 2.73. The van der Waals surface area contributed by atoms with E-state index in [4.69, 9.17) is 10.3 Å². The first-order valence-electron chi connectivity index (χ1n) is 6.35. The summed E-state index contributed by atoms with van der Waals surface area (Å²) in [5.74, 6) is -0.0455. The van der Waals surface area contributed by atoms with Crippen LogP contribution in [0.5, 0.6) is 0 Å². The SMILES string of the molecule is CC(C)C(=O)C(CCN=[N+]=[N-])OCc1ccccc1. The molecule has 0 radical (unpaired) electrons. The Morgan fingerprint density at radius 3 is 2.63 bits per heavy atom. The average Bonchev–Trinajstić information content (AvgIpc) is 2.43. The fourth-order valence-electron chi connectivity index (χ4n) is 1.67. The average molecular weight is 261 g/mol. The monoisotopic (exact) mass is 261 g/mol. The zero-order valence-electron chi connectivity index (χ0n) is 11.3. The van der Waals surface area contributed by atoms with Crippen molar-refractivity contribution >= 4 is 5.78 Å². The van der Waals surface area contributed by atoms with Crippen LogP contribution in [0.2, 0.25) is 0 Å². The zero-order chi connectivity index (χ0) is 14.1. The predicted octanol–water partition coefficient (Wildman–Crippen LogP) is 3.50. The molecule has 1 atom stereocenters. The Bertz CT molecular complexity index is 439. The second-order valence-corrected chi connectivity index (χ2v) is 4.59. The van der Waals surface area contributed by atoms with E-state index in [0.717, 1.165) is 5.56 Å². The van der Waals surface area contributed by atoms with Crippen LogP contribution in [0.4, 0.5) is 0 Å². The summed E-state index contributed by atoms with van der Waals surface area (Å²) in [5, 5.41) is 3.46. The Morgan fingerprint density at radius 2 is 2.05 bits per heavy atom. The molecule has 0 heterocycles. The van der Waals surface area contributed by atoms with E-state index in [0.29, 0.717) is 13.0 Å². The highest BCUT2D eigenvalue weighted by atomic mass is 16.5. The Kier molecular flexibility index (Phi) is 6.64. The van der Waals surface area contributed by atoms with E-state index in [-0.39, 0.29) is 18.2 Å². The van der Waals surface area contributed by atoms with E-state index in [9.17, 15) is 4.79 Å². The lowest BCUT2D eigenvalue weighted by Gasteiger charge is -2.18. The normalized spacial score (nSPS) is 11.9. The van der Waals surface area contributed by atoms with Gasteiger partial charge in [-0.25, -0.2) is 0 Å². The topological polar surface area (TPSA) is 75.1 Å². The number of Topliss-reactive ketones (excluding diaryl/α,β-unsaturated/α-hetero) is 1. The van der Waals surface area contributed by atoms with Gasteiger partial charge in [-0.05, 0) is 17.5 Å². The fraction of sp³-hybridized carbons (Fsp3) is 0.500. The maximum atomic E-state index is 12.0. The lowest BCUT2D eigenvalue weighted by molar-refractivity contribution is -0.134. The van der Waals surface area contributed by atoms with Crippen LogP contribution in [0.3, 0.4) is 0 Å². The van der Waals surface area contributed by atoms with Crippen LogP contribution < -0.4 is 0 Å². The minimum atomic E-state index is -0.509. The number of azide groups is 1. The van der Waals surface area contributed by atoms with Crippen molar-refractivity contribution in [3.63, 3.8) is 0 Å². The molecule has 0 aromatic heterocycles. The van der Waals surface area contributed by atoms with Crippen molar-refractivity contribution in [1.82, 2.24) is 0 Å². The molecule has 0 N–H and O–H groups in total. The van der Waals surface area contributed by atoms with Crippen molar-refractivity contribution in [2.75, 3.05) is 6.54 Å². The lowest BCUT2D eigenvalue weighted by Crippen LogP contribution is -2.29. The number of carbonyl (C=O) groups excluding carboxylic acids is 1. The van der Waals surface area contributed by atoms with Crippen molar-refractivity contribution in [1.29, 1.82) is 0 Å². The summed E-state index contributed by atoms with van der Waals surface area (Å²) in [7, 11) is 0. The first-order valence-corrected chi connectivity index (χ1v) is 6.35. The quantitative estimate of drug-likeness (QED) is 0.408. The van der Waals surface area contributed by atoms with Crippen LogP contribution >= 0.6 is 0 Å². The van der Waals surface area contributed by atoms with Gasteiger partial charge in [-0.3, -0.25) is 4.79 Å². The van der Waals surface area contributed by atoms with Crippen LogP contribution in [0, 0.1) is 5.92 Å². The molecule has 1 rings (SSSR count). The fourth-order valence-corrected chi connectivity index (χ4v) is 1.67. The molecule has 5 nitrogen and oxygen atoms in total. The minimum absolute atomic E-state index is 0.0454. The standard InChI is InChI=1S/C14H19N3O2/c1-11(2)14(18)13(8-9-16-17-15)19-10-12-6-4-3-5-7-12/h3-7,11,13H,8-10H2,1-2H3. The largest absolute Gasteiger partial charge is 0.366 e. The molecule has 0 aliphatic rings. The Hall–Kier alpha value is -1.84. The summed E-state index contributed by atoms with van der Waals surface area (Å²) < 4.78 is 5.66. The molecule has 0 amide bonds. The second kappa shape index (κ2) is 8.29. The van der Waals surface area contributed by atoms with Crippen LogP contribution in [-0.4, -0.2) is 18.4 Å². The molecule has 1 unspecified atom stereocenters. The third kappa shape index (κ3) is 5.55. The molecular weight excluding hydrogens is 242 g/mol. The third-order valence-corrected chi connectivity index (χ3v) is 2.73. The van der Waals surface area contributed by atoms with Gasteiger partial charge in [0, 0.05) is 17.4 Å². The van der Waals surface area contributed by atoms with E-state index in [1.54, 1.807) is 0 Å². The van der Waals surface area contributed by atoms with Crippen molar-refractivity contribution in [3.8, 4) is 0 Å². The number of hydrogen-bond acceptors (Lipinski definition) is 3. The van der Waals surface area contributed by atoms with E-state index in [2.05, 4.69) is 10.0 Å². The molecule has 1 aromatic rings. The molecule has 0 aliphatic carbocycles. The zero-order valence-corrected chi connectivity index (χ0v) is 11.3. The van der Waals surface area contributed by atoms with Crippen LogP contribution in [0.1, 0.15) is 25.8 Å². The van der Waals surface area contributed by atoms with Crippen molar-refractivity contribution in [3.05, 3.63) is 46.3 Å². The Labute approximate surface area is 113 Å². The predicted molar refractivity (Wildman–Crippen MR) is 73.5 cm³/mol. The molecule has 0 fully saturated rings. The molecule has 0 aliphatic heterocycles. The second-order valence-electron chi connectivity index (χ2n) is 4.59. The van der Waals surface area contributed by atoms with Gasteiger partial charge in [-0.15, -0.1) is 0 Å². The summed E-state index contributed by atoms with van der Waals surface area (Å²) in [5.41, 5.74) is 9.29. The van der Waals surface area contributed by atoms with Gasteiger partial charge in [0.1, 0.15) is 6.10 Å². The van der Waals surface area contributed by atoms with Gasteiger partial charge < -0.3 is 4.74 Å². The summed E-state index contributed by atoms with van der Waals surface area (Å²) in [6.45, 7) is 4.35. The maximum Gasteiger partial charge on any atom is 0.164 e. The molecule has 1 aromatic carbocycles. The first-order chi connectivity index (χ1) is 9.15. The number of carbonyl (C=O) groups is 1. The first kappa shape index (κ1) is 15.2. The highest BCUT2D eigenvalue weighted by Crippen LogP contribution is 2.11. The van der Waals surface area contributed by atoms with Gasteiger partial charge in [0.25, 0.3) is 0 Å². The Morgan fingerprint density at radius 1 is 1.37 bits per heavy atom. The van der Waals surface area contributed by atoms with Crippen LogP contribution in [0.15, 0.2) is 35.4 Å². The summed E-state index contributed by atoms with van der Waals surface area (Å²) in [6, 6.07) is 9.69. The number of ether oxygens (including phenoxy) is 1. The molecule has 19 heavy (non-hydrogen) atoms. The Balaban J connectivity index is 2.58. The van der Waals surface area contributed by atoms with Gasteiger partial charge in [0.05, 0.1) is 6.61 Å². The van der Waals surface area contributed by atoms with Crippen molar-refractivity contribution < 1.29 is 9.53 Å². The smallest absolute Gasteiger partial charge is 0.164 e. The summed E-state index contributed by atoms with van der Waals surface area (Å²) in [4.78, 5) is 14.7. The molecular formula is C14H19N3O2. The highest BCUT2D eigenvalue weighted by molar-refractivity contribution is 5.84. The number of benzene rings is 1. The van der Waals surface area contributed by atoms with E-state index < -0.39 is 6.10 Å². The summed E-state index contributed by atoms with van der Waals surface area (Å²) >= 11 is 0. The molecule has 0 saturated carbocycles. The summed E-state index contributed by atoms with van der Waals surface area (Å²) in [6.07, 6.45) is -0.0841. The molecule has 102 valence electrons. The van der Waals surface area contributed by atoms with Crippen LogP contribution in [0.25, 0.3) is 10.4 Å². The van der Waals surface area contributed by atoms with Crippen molar-refractivity contribution in [2.45, 2.75) is 33.0 Å². The van der Waals surface area contributed by atoms with E-state index in [1.807, 2.05) is 44.2 Å². The van der Waals surface area contributed by atoms with Gasteiger partial charge in [0.2, 0.25) is 0 Å². The van der Waals surface area contributed by atoms with Crippen molar-refractivity contribution in [2.24, 2.45) is 11.0 Å². The van der Waals surface area contributed by atoms with Crippen LogP contribution in [-0.2, 0) is 16.1 Å². The van der Waals surface area contributed by atoms with E-state index >= 15 is 0 Å². The molecule has 0 spiro atoms. The molecule has 0 bridgehead atoms. The van der Waals surface area contributed by atoms with Gasteiger partial charge in [-0.2, -0.15) is 0 Å². The number of hydrogen-bond donors (Lipinski definition) is 0. The number of rotatable bonds is 8. The number of nitrogens with zero attached hydrogens (tertiary/aromatic N) is 3. The molecule has 5 heteroatoms.